The standard InChI is InChI=1S/C15H15F3N2O3/c16-15(17,18)11-5-6-14(23-11,13(19)22)9-3-1-8-2-4-12(21)20-10(8)7-9/h1,3,7,11H,2,4-6H2,(H2,19,22)(H,20,21). The molecule has 3 rings (SSSR count). The molecule has 2 atom stereocenters. The molecule has 2 aliphatic heterocycles. The van der Waals surface area contributed by atoms with Crippen LogP contribution in [0, 0.1) is 0 Å². The average molecular weight is 328 g/mol. The number of primary amides is 1. The Morgan fingerprint density at radius 3 is 2.70 bits per heavy atom. The van der Waals surface area contributed by atoms with Gasteiger partial charge in [-0.25, -0.2) is 0 Å². The second kappa shape index (κ2) is 5.23. The molecule has 3 N–H and O–H groups in total. The van der Waals surface area contributed by atoms with E-state index in [9.17, 15) is 22.8 Å². The summed E-state index contributed by atoms with van der Waals surface area (Å²) in [5.74, 6) is -1.14. The van der Waals surface area contributed by atoms with Gasteiger partial charge in [0.15, 0.2) is 11.7 Å². The molecule has 124 valence electrons. The molecule has 23 heavy (non-hydrogen) atoms. The molecule has 0 aliphatic carbocycles. The van der Waals surface area contributed by atoms with Crippen LogP contribution in [0.3, 0.4) is 0 Å². The molecule has 1 saturated heterocycles. The molecule has 1 aromatic rings. The number of carbonyl (C=O) groups is 2. The van der Waals surface area contributed by atoms with Crippen molar-refractivity contribution < 1.29 is 27.5 Å². The van der Waals surface area contributed by atoms with Gasteiger partial charge in [0.1, 0.15) is 0 Å². The predicted octanol–water partition coefficient (Wildman–Crippen LogP) is 1.99. The summed E-state index contributed by atoms with van der Waals surface area (Å²) in [6.07, 6.45) is -6.19. The van der Waals surface area contributed by atoms with Gasteiger partial charge in [-0.2, -0.15) is 13.2 Å². The van der Waals surface area contributed by atoms with E-state index in [0.29, 0.717) is 18.5 Å². The van der Waals surface area contributed by atoms with Crippen LogP contribution >= 0.6 is 0 Å². The third-order valence-electron chi connectivity index (χ3n) is 4.34. The van der Waals surface area contributed by atoms with Crippen LogP contribution < -0.4 is 11.1 Å². The Labute approximate surface area is 130 Å². The fourth-order valence-electron chi connectivity index (χ4n) is 3.08. The highest BCUT2D eigenvalue weighted by atomic mass is 19.4. The highest BCUT2D eigenvalue weighted by Crippen LogP contribution is 2.45. The molecule has 8 heteroatoms. The SMILES string of the molecule is NC(=O)C1(c2ccc3c(c2)NC(=O)CC3)CCC(C(F)(F)F)O1. The number of nitrogens with two attached hydrogens (primary N) is 1. The van der Waals surface area contributed by atoms with Gasteiger partial charge in [-0.3, -0.25) is 9.59 Å². The number of halogens is 3. The quantitative estimate of drug-likeness (QED) is 0.871. The lowest BCUT2D eigenvalue weighted by Crippen LogP contribution is -2.43. The lowest BCUT2D eigenvalue weighted by molar-refractivity contribution is -0.229. The number of anilines is 1. The van der Waals surface area contributed by atoms with E-state index < -0.39 is 23.8 Å². The number of nitrogens with one attached hydrogen (secondary N) is 1. The Bertz CT molecular complexity index is 674. The smallest absolute Gasteiger partial charge is 0.367 e. The second-order valence-corrected chi connectivity index (χ2v) is 5.80. The molecule has 0 radical (unpaired) electrons. The Morgan fingerprint density at radius 1 is 1.35 bits per heavy atom. The molecule has 2 unspecified atom stereocenters. The van der Waals surface area contributed by atoms with E-state index in [0.717, 1.165) is 5.56 Å². The molecule has 5 nitrogen and oxygen atoms in total. The first-order valence-corrected chi connectivity index (χ1v) is 7.20. The van der Waals surface area contributed by atoms with E-state index >= 15 is 0 Å². The first-order chi connectivity index (χ1) is 10.7. The van der Waals surface area contributed by atoms with E-state index in [-0.39, 0.29) is 24.3 Å². The van der Waals surface area contributed by atoms with Crippen molar-refractivity contribution in [2.45, 2.75) is 43.6 Å². The number of rotatable bonds is 2. The highest BCUT2D eigenvalue weighted by Gasteiger charge is 2.55. The number of amides is 2. The number of ether oxygens (including phenoxy) is 1. The van der Waals surface area contributed by atoms with Crippen molar-refractivity contribution in [3.05, 3.63) is 29.3 Å². The monoisotopic (exact) mass is 328 g/mol. The van der Waals surface area contributed by atoms with Gasteiger partial charge in [-0.1, -0.05) is 12.1 Å². The lowest BCUT2D eigenvalue weighted by Gasteiger charge is -2.29. The predicted molar refractivity (Wildman–Crippen MR) is 74.4 cm³/mol. The van der Waals surface area contributed by atoms with Crippen LogP contribution in [0.15, 0.2) is 18.2 Å². The van der Waals surface area contributed by atoms with Crippen molar-refractivity contribution in [3.63, 3.8) is 0 Å². The van der Waals surface area contributed by atoms with Gasteiger partial charge in [-0.05, 0) is 36.5 Å². The minimum Gasteiger partial charge on any atom is -0.367 e. The maximum atomic E-state index is 12.9. The van der Waals surface area contributed by atoms with Gasteiger partial charge in [0.05, 0.1) is 0 Å². The minimum atomic E-state index is -4.56. The summed E-state index contributed by atoms with van der Waals surface area (Å²) in [6, 6.07) is 4.70. The molecular formula is C15H15F3N2O3. The van der Waals surface area contributed by atoms with Crippen LogP contribution in [-0.2, 0) is 26.3 Å². The summed E-state index contributed by atoms with van der Waals surface area (Å²) in [5.41, 5.74) is 5.11. The largest absolute Gasteiger partial charge is 0.414 e. The van der Waals surface area contributed by atoms with Crippen molar-refractivity contribution in [1.29, 1.82) is 0 Å². The molecule has 2 aliphatic rings. The summed E-state index contributed by atoms with van der Waals surface area (Å²) in [5, 5.41) is 2.65. The number of benzene rings is 1. The van der Waals surface area contributed by atoms with Crippen LogP contribution in [0.5, 0.6) is 0 Å². The Balaban J connectivity index is 1.99. The van der Waals surface area contributed by atoms with Gasteiger partial charge >= 0.3 is 6.18 Å². The zero-order chi connectivity index (χ0) is 16.8. The molecule has 1 aromatic carbocycles. The van der Waals surface area contributed by atoms with E-state index in [2.05, 4.69) is 5.32 Å². The first kappa shape index (κ1) is 15.8. The van der Waals surface area contributed by atoms with Crippen LogP contribution in [0.1, 0.15) is 30.4 Å². The van der Waals surface area contributed by atoms with E-state index in [1.54, 1.807) is 12.1 Å². The summed E-state index contributed by atoms with van der Waals surface area (Å²) < 4.78 is 43.7. The normalized spacial score (nSPS) is 27.4. The Kier molecular flexibility index (Phi) is 3.59. The number of alkyl halides is 3. The van der Waals surface area contributed by atoms with Crippen LogP contribution in [0.25, 0.3) is 0 Å². The van der Waals surface area contributed by atoms with Crippen molar-refractivity contribution in [3.8, 4) is 0 Å². The first-order valence-electron chi connectivity index (χ1n) is 7.20. The molecule has 0 aromatic heterocycles. The van der Waals surface area contributed by atoms with E-state index in [1.165, 1.54) is 6.07 Å². The lowest BCUT2D eigenvalue weighted by atomic mass is 9.87. The van der Waals surface area contributed by atoms with Gasteiger partial charge < -0.3 is 15.8 Å². The Morgan fingerprint density at radius 2 is 2.09 bits per heavy atom. The van der Waals surface area contributed by atoms with Crippen molar-refractivity contribution in [2.24, 2.45) is 5.73 Å². The number of hydrogen-bond acceptors (Lipinski definition) is 3. The fourth-order valence-corrected chi connectivity index (χ4v) is 3.08. The molecule has 0 bridgehead atoms. The van der Waals surface area contributed by atoms with Crippen LogP contribution in [-0.4, -0.2) is 24.1 Å². The van der Waals surface area contributed by atoms with Crippen molar-refractivity contribution in [2.75, 3.05) is 5.32 Å². The Hall–Kier alpha value is -2.09. The summed E-state index contributed by atoms with van der Waals surface area (Å²) >= 11 is 0. The maximum absolute atomic E-state index is 12.9. The van der Waals surface area contributed by atoms with Gasteiger partial charge in [-0.15, -0.1) is 0 Å². The van der Waals surface area contributed by atoms with Gasteiger partial charge in [0, 0.05) is 12.1 Å². The van der Waals surface area contributed by atoms with Crippen LogP contribution in [0.4, 0.5) is 18.9 Å². The molecule has 0 saturated carbocycles. The maximum Gasteiger partial charge on any atom is 0.414 e. The molecule has 2 heterocycles. The third-order valence-corrected chi connectivity index (χ3v) is 4.34. The average Bonchev–Trinajstić information content (AvgIpc) is 2.93. The number of aryl methyl sites for hydroxylation is 1. The zero-order valence-electron chi connectivity index (χ0n) is 12.1. The fraction of sp³-hybridized carbons (Fsp3) is 0.467. The topological polar surface area (TPSA) is 81.4 Å². The van der Waals surface area contributed by atoms with Crippen molar-refractivity contribution in [1.82, 2.24) is 0 Å². The second-order valence-electron chi connectivity index (χ2n) is 5.80. The van der Waals surface area contributed by atoms with Gasteiger partial charge in [0.2, 0.25) is 5.91 Å². The number of hydrogen-bond donors (Lipinski definition) is 2. The third kappa shape index (κ3) is 2.67. The zero-order valence-corrected chi connectivity index (χ0v) is 12.1. The molecule has 2 amide bonds. The van der Waals surface area contributed by atoms with E-state index in [1.807, 2.05) is 0 Å². The number of carbonyl (C=O) groups excluding carboxylic acids is 2. The van der Waals surface area contributed by atoms with Gasteiger partial charge in [0.25, 0.3) is 5.91 Å². The molecular weight excluding hydrogens is 313 g/mol. The molecule has 1 fully saturated rings. The minimum absolute atomic E-state index is 0.154. The summed E-state index contributed by atoms with van der Waals surface area (Å²) in [6.45, 7) is 0. The summed E-state index contributed by atoms with van der Waals surface area (Å²) in [4.78, 5) is 23.3. The highest BCUT2D eigenvalue weighted by molar-refractivity contribution is 5.94. The summed E-state index contributed by atoms with van der Waals surface area (Å²) in [7, 11) is 0. The molecule has 0 spiro atoms. The van der Waals surface area contributed by atoms with Crippen LogP contribution in [0.2, 0.25) is 0 Å². The van der Waals surface area contributed by atoms with E-state index in [4.69, 9.17) is 10.5 Å². The van der Waals surface area contributed by atoms with Crippen molar-refractivity contribution >= 4 is 17.5 Å². The number of fused-ring (bicyclic) bond motifs is 1.